The fourth-order valence-corrected chi connectivity index (χ4v) is 2.94. The summed E-state index contributed by atoms with van der Waals surface area (Å²) in [6.07, 6.45) is 2.47. The van der Waals surface area contributed by atoms with Gasteiger partial charge in [0, 0.05) is 11.8 Å². The van der Waals surface area contributed by atoms with Crippen molar-refractivity contribution >= 4 is 11.9 Å². The number of hydrogen-bond acceptors (Lipinski definition) is 4. The molecule has 110 valence electrons. The minimum atomic E-state index is -0.382. The normalized spacial score (nSPS) is 24.4. The summed E-state index contributed by atoms with van der Waals surface area (Å²) in [7, 11) is 0. The lowest BCUT2D eigenvalue weighted by Gasteiger charge is -2.19. The van der Waals surface area contributed by atoms with Crippen LogP contribution < -0.4 is 0 Å². The largest absolute Gasteiger partial charge is 0.460 e. The average molecular weight is 278 g/mol. The number of carbonyl (C=O) groups is 2. The highest BCUT2D eigenvalue weighted by Gasteiger charge is 2.45. The van der Waals surface area contributed by atoms with E-state index in [1.54, 1.807) is 27.7 Å². The van der Waals surface area contributed by atoms with Crippen LogP contribution in [0.4, 0.5) is 0 Å². The van der Waals surface area contributed by atoms with Gasteiger partial charge >= 0.3 is 11.9 Å². The molecule has 2 aliphatic rings. The summed E-state index contributed by atoms with van der Waals surface area (Å²) in [5, 5.41) is 0. The van der Waals surface area contributed by atoms with Gasteiger partial charge in [-0.05, 0) is 41.0 Å². The fourth-order valence-electron chi connectivity index (χ4n) is 2.94. The molecule has 0 amide bonds. The van der Waals surface area contributed by atoms with Gasteiger partial charge in [0.2, 0.25) is 0 Å². The molecule has 0 aromatic rings. The number of esters is 2. The Balaban J connectivity index is 2.32. The molecular formula is C16H22O4. The Bertz CT molecular complexity index is 497. The second-order valence-corrected chi connectivity index (χ2v) is 6.04. The molecule has 2 unspecified atom stereocenters. The van der Waals surface area contributed by atoms with Crippen molar-refractivity contribution < 1.29 is 19.1 Å². The number of allylic oxidation sites excluding steroid dienone is 2. The standard InChI is InChI=1S/C16H22O4/c1-8(2)19-15(17)13-11-6-10(5)12(7-11)14(13)16(18)20-9(3)4/h6,8-9,11-12H,7H2,1-5H3. The zero-order chi connectivity index (χ0) is 15.0. The quantitative estimate of drug-likeness (QED) is 0.586. The highest BCUT2D eigenvalue weighted by molar-refractivity contribution is 6.03. The van der Waals surface area contributed by atoms with Gasteiger partial charge in [0.25, 0.3) is 0 Å². The molecule has 0 saturated heterocycles. The van der Waals surface area contributed by atoms with Crippen LogP contribution in [-0.2, 0) is 19.1 Å². The van der Waals surface area contributed by atoms with Crippen molar-refractivity contribution in [1.82, 2.24) is 0 Å². The maximum absolute atomic E-state index is 12.3. The maximum atomic E-state index is 12.3. The molecule has 2 bridgehead atoms. The lowest BCUT2D eigenvalue weighted by atomic mass is 9.92. The molecule has 0 aliphatic heterocycles. The van der Waals surface area contributed by atoms with Crippen molar-refractivity contribution in [1.29, 1.82) is 0 Å². The molecule has 2 rings (SSSR count). The van der Waals surface area contributed by atoms with E-state index in [1.807, 2.05) is 6.92 Å². The van der Waals surface area contributed by atoms with Crippen molar-refractivity contribution in [3.8, 4) is 0 Å². The number of hydrogen-bond donors (Lipinski definition) is 0. The lowest BCUT2D eigenvalue weighted by molar-refractivity contribution is -0.146. The van der Waals surface area contributed by atoms with Crippen molar-refractivity contribution in [2.24, 2.45) is 11.8 Å². The van der Waals surface area contributed by atoms with Crippen molar-refractivity contribution in [2.45, 2.75) is 53.2 Å². The second kappa shape index (κ2) is 5.43. The first-order chi connectivity index (χ1) is 9.31. The molecule has 0 fully saturated rings. The van der Waals surface area contributed by atoms with E-state index in [2.05, 4.69) is 6.08 Å². The summed E-state index contributed by atoms with van der Waals surface area (Å²) in [5.74, 6) is -0.746. The molecule has 0 aromatic heterocycles. The monoisotopic (exact) mass is 278 g/mol. The van der Waals surface area contributed by atoms with Crippen molar-refractivity contribution in [2.75, 3.05) is 0 Å². The zero-order valence-corrected chi connectivity index (χ0v) is 12.7. The van der Waals surface area contributed by atoms with Gasteiger partial charge in [0.05, 0.1) is 23.4 Å². The summed E-state index contributed by atoms with van der Waals surface area (Å²) in [5.41, 5.74) is 2.15. The molecule has 0 heterocycles. The Morgan fingerprint density at radius 2 is 1.55 bits per heavy atom. The van der Waals surface area contributed by atoms with Gasteiger partial charge in [-0.25, -0.2) is 9.59 Å². The van der Waals surface area contributed by atoms with E-state index in [0.29, 0.717) is 11.1 Å². The predicted molar refractivity (Wildman–Crippen MR) is 74.8 cm³/mol. The Kier molecular flexibility index (Phi) is 4.02. The van der Waals surface area contributed by atoms with Gasteiger partial charge in [-0.3, -0.25) is 0 Å². The van der Waals surface area contributed by atoms with Crippen LogP contribution in [0.3, 0.4) is 0 Å². The molecule has 0 aromatic carbocycles. The van der Waals surface area contributed by atoms with E-state index < -0.39 is 0 Å². The highest BCUT2D eigenvalue weighted by Crippen LogP contribution is 2.48. The third-order valence-corrected chi connectivity index (χ3v) is 3.64. The molecule has 0 radical (unpaired) electrons. The third-order valence-electron chi connectivity index (χ3n) is 3.64. The lowest BCUT2D eigenvalue weighted by Crippen LogP contribution is -2.23. The molecule has 4 nitrogen and oxygen atoms in total. The van der Waals surface area contributed by atoms with Gasteiger partial charge in [-0.15, -0.1) is 0 Å². The summed E-state index contributed by atoms with van der Waals surface area (Å²) in [6, 6.07) is 0. The van der Waals surface area contributed by atoms with Crippen LogP contribution in [0, 0.1) is 11.8 Å². The predicted octanol–water partition coefficient (Wildman–Crippen LogP) is 2.78. The van der Waals surface area contributed by atoms with E-state index in [0.717, 1.165) is 12.0 Å². The first-order valence-corrected chi connectivity index (χ1v) is 7.15. The number of fused-ring (bicyclic) bond motifs is 2. The Hall–Kier alpha value is -1.58. The summed E-state index contributed by atoms with van der Waals surface area (Å²) < 4.78 is 10.6. The Labute approximate surface area is 119 Å². The number of carbonyl (C=O) groups excluding carboxylic acids is 2. The Morgan fingerprint density at radius 3 is 2.05 bits per heavy atom. The molecule has 4 heteroatoms. The maximum Gasteiger partial charge on any atom is 0.335 e. The minimum absolute atomic E-state index is 0.000891. The van der Waals surface area contributed by atoms with Crippen molar-refractivity contribution in [3.05, 3.63) is 22.8 Å². The molecular weight excluding hydrogens is 256 g/mol. The van der Waals surface area contributed by atoms with Crippen LogP contribution in [0.1, 0.15) is 41.0 Å². The fraction of sp³-hybridized carbons (Fsp3) is 0.625. The third kappa shape index (κ3) is 2.65. The summed E-state index contributed by atoms with van der Waals surface area (Å²) >= 11 is 0. The van der Waals surface area contributed by atoms with Crippen LogP contribution >= 0.6 is 0 Å². The van der Waals surface area contributed by atoms with E-state index in [1.165, 1.54) is 0 Å². The molecule has 0 N–H and O–H groups in total. The topological polar surface area (TPSA) is 52.6 Å². The second-order valence-electron chi connectivity index (χ2n) is 6.04. The van der Waals surface area contributed by atoms with Crippen LogP contribution in [0.15, 0.2) is 22.8 Å². The van der Waals surface area contributed by atoms with Gasteiger partial charge in [-0.1, -0.05) is 11.6 Å². The smallest absolute Gasteiger partial charge is 0.335 e. The van der Waals surface area contributed by atoms with Crippen LogP contribution in [0.5, 0.6) is 0 Å². The first-order valence-electron chi connectivity index (χ1n) is 7.15. The van der Waals surface area contributed by atoms with Gasteiger partial charge in [0.1, 0.15) is 0 Å². The summed E-state index contributed by atoms with van der Waals surface area (Å²) in [4.78, 5) is 24.5. The van der Waals surface area contributed by atoms with Gasteiger partial charge in [-0.2, -0.15) is 0 Å². The average Bonchev–Trinajstić information content (AvgIpc) is 2.82. The first kappa shape index (κ1) is 14.8. The minimum Gasteiger partial charge on any atom is -0.460 e. The van der Waals surface area contributed by atoms with Gasteiger partial charge < -0.3 is 9.47 Å². The number of rotatable bonds is 4. The molecule has 2 aliphatic carbocycles. The highest BCUT2D eigenvalue weighted by atomic mass is 16.5. The molecule has 0 saturated carbocycles. The molecule has 0 spiro atoms. The van der Waals surface area contributed by atoms with E-state index >= 15 is 0 Å². The van der Waals surface area contributed by atoms with Crippen LogP contribution in [-0.4, -0.2) is 24.1 Å². The zero-order valence-electron chi connectivity index (χ0n) is 12.7. The Morgan fingerprint density at radius 1 is 1.05 bits per heavy atom. The van der Waals surface area contributed by atoms with E-state index in [4.69, 9.17) is 9.47 Å². The molecule has 2 atom stereocenters. The van der Waals surface area contributed by atoms with E-state index in [-0.39, 0.29) is 36.0 Å². The molecule has 20 heavy (non-hydrogen) atoms. The number of ether oxygens (including phenoxy) is 2. The van der Waals surface area contributed by atoms with Gasteiger partial charge in [0.15, 0.2) is 0 Å². The van der Waals surface area contributed by atoms with E-state index in [9.17, 15) is 9.59 Å². The summed E-state index contributed by atoms with van der Waals surface area (Å²) in [6.45, 7) is 9.22. The SMILES string of the molecule is CC1=CC2CC1C(C(=O)OC(C)C)=C2C(=O)OC(C)C. The van der Waals surface area contributed by atoms with Crippen LogP contribution in [0.2, 0.25) is 0 Å². The van der Waals surface area contributed by atoms with Crippen molar-refractivity contribution in [3.63, 3.8) is 0 Å². The van der Waals surface area contributed by atoms with Crippen LogP contribution in [0.25, 0.3) is 0 Å².